The van der Waals surface area contributed by atoms with Gasteiger partial charge in [0.05, 0.1) is 7.11 Å². The van der Waals surface area contributed by atoms with Crippen LogP contribution in [-0.2, 0) is 9.53 Å². The van der Waals surface area contributed by atoms with Crippen LogP contribution in [-0.4, -0.2) is 30.5 Å². The Morgan fingerprint density at radius 1 is 1.67 bits per heavy atom. The lowest BCUT2D eigenvalue weighted by Gasteiger charge is -1.98. The van der Waals surface area contributed by atoms with Crippen LogP contribution in [0.2, 0.25) is 0 Å². The van der Waals surface area contributed by atoms with Crippen LogP contribution < -0.4 is 11.1 Å². The van der Waals surface area contributed by atoms with Crippen molar-refractivity contribution in [2.75, 3.05) is 19.0 Å². The summed E-state index contributed by atoms with van der Waals surface area (Å²) in [5, 5.41) is 5.02. The molecule has 0 aliphatic rings. The molecular formula is C8H11N3O3S. The third-order valence-electron chi connectivity index (χ3n) is 1.55. The summed E-state index contributed by atoms with van der Waals surface area (Å²) in [5.74, 6) is -0.860. The minimum atomic E-state index is -0.478. The Kier molecular flexibility index (Phi) is 4.04. The van der Waals surface area contributed by atoms with Crippen LogP contribution in [0.3, 0.4) is 0 Å². The van der Waals surface area contributed by atoms with Gasteiger partial charge in [-0.3, -0.25) is 4.79 Å². The first-order valence-corrected chi connectivity index (χ1v) is 5.07. The average molecular weight is 229 g/mol. The molecule has 0 radical (unpaired) electrons. The molecule has 6 nitrogen and oxygen atoms in total. The van der Waals surface area contributed by atoms with Gasteiger partial charge in [0.1, 0.15) is 0 Å². The van der Waals surface area contributed by atoms with E-state index in [0.717, 1.165) is 0 Å². The molecule has 1 amide bonds. The zero-order chi connectivity index (χ0) is 11.3. The molecule has 0 aromatic carbocycles. The summed E-state index contributed by atoms with van der Waals surface area (Å²) in [5.41, 5.74) is 5.22. The van der Waals surface area contributed by atoms with Crippen molar-refractivity contribution in [1.29, 1.82) is 0 Å². The maximum Gasteiger partial charge on any atom is 0.357 e. The number of ether oxygens (including phenoxy) is 1. The van der Waals surface area contributed by atoms with Crippen LogP contribution in [0, 0.1) is 0 Å². The maximum absolute atomic E-state index is 11.0. The number of nitrogens with two attached hydrogens (primary N) is 1. The first-order valence-electron chi connectivity index (χ1n) is 4.19. The molecule has 7 heteroatoms. The van der Waals surface area contributed by atoms with Crippen LogP contribution in [0.15, 0.2) is 5.38 Å². The number of nitrogens with one attached hydrogen (secondary N) is 1. The van der Waals surface area contributed by atoms with Gasteiger partial charge in [-0.25, -0.2) is 9.78 Å². The zero-order valence-electron chi connectivity index (χ0n) is 8.15. The lowest BCUT2D eigenvalue weighted by Crippen LogP contribution is -2.15. The van der Waals surface area contributed by atoms with E-state index in [1.54, 1.807) is 5.38 Å². The third-order valence-corrected chi connectivity index (χ3v) is 2.35. The molecule has 0 bridgehead atoms. The topological polar surface area (TPSA) is 94.3 Å². The molecule has 0 spiro atoms. The number of aromatic nitrogens is 1. The molecule has 15 heavy (non-hydrogen) atoms. The summed E-state index contributed by atoms with van der Waals surface area (Å²) in [6.45, 7) is 0.406. The van der Waals surface area contributed by atoms with Gasteiger partial charge in [-0.05, 0) is 0 Å². The van der Waals surface area contributed by atoms with Gasteiger partial charge in [-0.1, -0.05) is 0 Å². The van der Waals surface area contributed by atoms with Crippen LogP contribution in [0.25, 0.3) is 0 Å². The highest BCUT2D eigenvalue weighted by molar-refractivity contribution is 7.13. The third kappa shape index (κ3) is 3.55. The van der Waals surface area contributed by atoms with Crippen molar-refractivity contribution >= 4 is 28.3 Å². The van der Waals surface area contributed by atoms with Gasteiger partial charge in [-0.2, -0.15) is 0 Å². The van der Waals surface area contributed by atoms with E-state index in [9.17, 15) is 9.59 Å². The number of carbonyl (C=O) groups is 2. The summed E-state index contributed by atoms with van der Waals surface area (Å²) in [7, 11) is 1.29. The number of amides is 1. The smallest absolute Gasteiger partial charge is 0.357 e. The number of rotatable bonds is 5. The fourth-order valence-electron chi connectivity index (χ4n) is 0.846. The van der Waals surface area contributed by atoms with Gasteiger partial charge in [0.25, 0.3) is 0 Å². The highest BCUT2D eigenvalue weighted by atomic mass is 32.1. The summed E-state index contributed by atoms with van der Waals surface area (Å²) in [6.07, 6.45) is 0.229. The van der Waals surface area contributed by atoms with Gasteiger partial charge in [-0.15, -0.1) is 11.3 Å². The molecule has 0 atom stereocenters. The molecule has 1 aromatic rings. The van der Waals surface area contributed by atoms with Crippen LogP contribution in [0.5, 0.6) is 0 Å². The van der Waals surface area contributed by atoms with Gasteiger partial charge < -0.3 is 15.8 Å². The second kappa shape index (κ2) is 5.30. The van der Waals surface area contributed by atoms with E-state index in [1.165, 1.54) is 18.4 Å². The van der Waals surface area contributed by atoms with Crippen LogP contribution >= 0.6 is 11.3 Å². The van der Waals surface area contributed by atoms with Crippen molar-refractivity contribution in [2.45, 2.75) is 6.42 Å². The minimum absolute atomic E-state index is 0.229. The van der Waals surface area contributed by atoms with Gasteiger partial charge in [0, 0.05) is 18.3 Å². The fourth-order valence-corrected chi connectivity index (χ4v) is 1.55. The van der Waals surface area contributed by atoms with Gasteiger partial charge >= 0.3 is 5.97 Å². The largest absolute Gasteiger partial charge is 0.464 e. The van der Waals surface area contributed by atoms with E-state index in [0.29, 0.717) is 11.7 Å². The Bertz CT molecular complexity index is 364. The number of esters is 1. The molecule has 1 rings (SSSR count). The molecule has 1 aromatic heterocycles. The average Bonchev–Trinajstić information content (AvgIpc) is 2.65. The Labute approximate surface area is 90.4 Å². The SMILES string of the molecule is COC(=O)c1csc(NCCC(N)=O)n1. The lowest BCUT2D eigenvalue weighted by atomic mass is 10.4. The second-order valence-corrected chi connectivity index (χ2v) is 3.53. The van der Waals surface area contributed by atoms with E-state index >= 15 is 0 Å². The normalized spacial score (nSPS) is 9.67. The molecule has 0 fully saturated rings. The van der Waals surface area contributed by atoms with E-state index < -0.39 is 5.97 Å². The number of thiazole rings is 1. The molecule has 0 saturated carbocycles. The standard InChI is InChI=1S/C8H11N3O3S/c1-14-7(13)5-4-15-8(11-5)10-3-2-6(9)12/h4H,2-3H2,1H3,(H2,9,12)(H,10,11). The predicted octanol–water partition coefficient (Wildman–Crippen LogP) is 0.217. The second-order valence-electron chi connectivity index (χ2n) is 2.67. The quantitative estimate of drug-likeness (QED) is 0.704. The Balaban J connectivity index is 2.46. The molecular weight excluding hydrogens is 218 g/mol. The first kappa shape index (κ1) is 11.4. The number of primary amides is 1. The summed E-state index contributed by atoms with van der Waals surface area (Å²) < 4.78 is 4.50. The molecule has 0 aliphatic heterocycles. The van der Waals surface area contributed by atoms with Gasteiger partial charge in [0.15, 0.2) is 10.8 Å². The predicted molar refractivity (Wildman–Crippen MR) is 55.8 cm³/mol. The molecule has 0 saturated heterocycles. The number of anilines is 1. The van der Waals surface area contributed by atoms with Crippen molar-refractivity contribution in [3.8, 4) is 0 Å². The van der Waals surface area contributed by atoms with Crippen molar-refractivity contribution in [2.24, 2.45) is 5.73 Å². The van der Waals surface area contributed by atoms with Crippen LogP contribution in [0.1, 0.15) is 16.9 Å². The zero-order valence-corrected chi connectivity index (χ0v) is 8.97. The molecule has 3 N–H and O–H groups in total. The number of hydrogen-bond donors (Lipinski definition) is 2. The fraction of sp³-hybridized carbons (Fsp3) is 0.375. The molecule has 1 heterocycles. The Hall–Kier alpha value is -1.63. The lowest BCUT2D eigenvalue weighted by molar-refractivity contribution is -0.117. The number of carbonyl (C=O) groups excluding carboxylic acids is 2. The molecule has 0 aliphatic carbocycles. The molecule has 0 unspecified atom stereocenters. The van der Waals surface area contributed by atoms with Crippen molar-refractivity contribution in [3.05, 3.63) is 11.1 Å². The Morgan fingerprint density at radius 3 is 3.00 bits per heavy atom. The summed E-state index contributed by atoms with van der Waals surface area (Å²) in [6, 6.07) is 0. The number of nitrogens with zero attached hydrogens (tertiary/aromatic N) is 1. The van der Waals surface area contributed by atoms with E-state index in [2.05, 4.69) is 15.0 Å². The number of methoxy groups -OCH3 is 1. The minimum Gasteiger partial charge on any atom is -0.464 e. The summed E-state index contributed by atoms with van der Waals surface area (Å²) >= 11 is 1.27. The molecule has 82 valence electrons. The maximum atomic E-state index is 11.0. The first-order chi connectivity index (χ1) is 7.13. The highest BCUT2D eigenvalue weighted by Gasteiger charge is 2.10. The Morgan fingerprint density at radius 2 is 2.40 bits per heavy atom. The summed E-state index contributed by atoms with van der Waals surface area (Å²) in [4.78, 5) is 25.4. The van der Waals surface area contributed by atoms with E-state index in [1.807, 2.05) is 0 Å². The van der Waals surface area contributed by atoms with Crippen molar-refractivity contribution in [1.82, 2.24) is 4.98 Å². The number of hydrogen-bond acceptors (Lipinski definition) is 6. The van der Waals surface area contributed by atoms with E-state index in [-0.39, 0.29) is 18.0 Å². The van der Waals surface area contributed by atoms with E-state index in [4.69, 9.17) is 5.73 Å². The van der Waals surface area contributed by atoms with Crippen LogP contribution in [0.4, 0.5) is 5.13 Å². The van der Waals surface area contributed by atoms with Gasteiger partial charge in [0.2, 0.25) is 5.91 Å². The van der Waals surface area contributed by atoms with Crippen molar-refractivity contribution < 1.29 is 14.3 Å². The van der Waals surface area contributed by atoms with Crippen molar-refractivity contribution in [3.63, 3.8) is 0 Å². The monoisotopic (exact) mass is 229 g/mol. The highest BCUT2D eigenvalue weighted by Crippen LogP contribution is 2.15.